The molecule has 3 aliphatic rings. The SMILES string of the molecule is CC1=C(C#N)C(C)CC2=C1[C@H]1CCCN(C(=O)c3ccc4nc[nH]c4c3)[C@H]1C2.[HH]. The molecule has 1 aliphatic heterocycles. The molecule has 1 amide bonds. The minimum absolute atomic E-state index is 0. The Morgan fingerprint density at radius 1 is 1.39 bits per heavy atom. The summed E-state index contributed by atoms with van der Waals surface area (Å²) >= 11 is 0. The van der Waals surface area contributed by atoms with Crippen molar-refractivity contribution in [3.05, 3.63) is 52.4 Å². The number of nitrogens with zero attached hydrogens (tertiary/aromatic N) is 3. The third-order valence-corrected chi connectivity index (χ3v) is 6.89. The molecule has 144 valence electrons. The smallest absolute Gasteiger partial charge is 0.254 e. The van der Waals surface area contributed by atoms with Gasteiger partial charge < -0.3 is 9.88 Å². The second kappa shape index (κ2) is 6.34. The topological polar surface area (TPSA) is 72.8 Å². The predicted molar refractivity (Wildman–Crippen MR) is 109 cm³/mol. The van der Waals surface area contributed by atoms with Gasteiger partial charge in [0, 0.05) is 31.1 Å². The van der Waals surface area contributed by atoms with Crippen molar-refractivity contribution in [3.63, 3.8) is 0 Å². The van der Waals surface area contributed by atoms with Gasteiger partial charge in [0.05, 0.1) is 23.4 Å². The number of imidazole rings is 1. The Morgan fingerprint density at radius 2 is 2.25 bits per heavy atom. The Labute approximate surface area is 166 Å². The molecule has 2 heterocycles. The summed E-state index contributed by atoms with van der Waals surface area (Å²) in [7, 11) is 0. The van der Waals surface area contributed by atoms with Gasteiger partial charge in [-0.3, -0.25) is 4.79 Å². The van der Waals surface area contributed by atoms with E-state index >= 15 is 0 Å². The maximum absolute atomic E-state index is 13.4. The van der Waals surface area contributed by atoms with Gasteiger partial charge in [0.2, 0.25) is 0 Å². The van der Waals surface area contributed by atoms with Crippen LogP contribution >= 0.6 is 0 Å². The third-order valence-electron chi connectivity index (χ3n) is 6.89. The van der Waals surface area contributed by atoms with Gasteiger partial charge in [-0.05, 0) is 67.9 Å². The summed E-state index contributed by atoms with van der Waals surface area (Å²) in [6.07, 6.45) is 5.70. The predicted octanol–water partition coefficient (Wildman–Crippen LogP) is 4.61. The molecule has 1 fully saturated rings. The molecule has 1 N–H and O–H groups in total. The fourth-order valence-corrected chi connectivity index (χ4v) is 5.67. The van der Waals surface area contributed by atoms with E-state index in [1.54, 1.807) is 6.33 Å². The average Bonchev–Trinajstić information content (AvgIpc) is 3.30. The van der Waals surface area contributed by atoms with Gasteiger partial charge in [0.15, 0.2) is 0 Å². The zero-order chi connectivity index (χ0) is 19.4. The number of benzene rings is 1. The van der Waals surface area contributed by atoms with Crippen LogP contribution in [0.5, 0.6) is 0 Å². The highest BCUT2D eigenvalue weighted by Gasteiger charge is 2.44. The molecular formula is C23H26N4O. The maximum Gasteiger partial charge on any atom is 0.254 e. The maximum atomic E-state index is 13.4. The van der Waals surface area contributed by atoms with Gasteiger partial charge >= 0.3 is 0 Å². The highest BCUT2D eigenvalue weighted by Crippen LogP contribution is 2.50. The molecule has 0 saturated carbocycles. The van der Waals surface area contributed by atoms with Gasteiger partial charge in [-0.1, -0.05) is 12.5 Å². The van der Waals surface area contributed by atoms with E-state index in [2.05, 4.69) is 34.8 Å². The molecule has 5 rings (SSSR count). The fraction of sp³-hybridized carbons (Fsp3) is 0.435. The molecule has 5 nitrogen and oxygen atoms in total. The number of amides is 1. The van der Waals surface area contributed by atoms with Crippen LogP contribution in [0.3, 0.4) is 0 Å². The van der Waals surface area contributed by atoms with Gasteiger partial charge in [0.1, 0.15) is 0 Å². The van der Waals surface area contributed by atoms with Crippen LogP contribution in [0.4, 0.5) is 0 Å². The molecule has 1 unspecified atom stereocenters. The van der Waals surface area contributed by atoms with Crippen molar-refractivity contribution in [2.75, 3.05) is 6.54 Å². The normalized spacial score (nSPS) is 27.0. The van der Waals surface area contributed by atoms with E-state index in [0.29, 0.717) is 5.92 Å². The highest BCUT2D eigenvalue weighted by atomic mass is 16.2. The Kier molecular flexibility index (Phi) is 3.90. The molecule has 2 aliphatic carbocycles. The molecule has 0 radical (unpaired) electrons. The molecule has 1 aromatic heterocycles. The number of allylic oxidation sites excluding steroid dienone is 2. The lowest BCUT2D eigenvalue weighted by Gasteiger charge is -2.39. The van der Waals surface area contributed by atoms with Gasteiger partial charge in [-0.15, -0.1) is 0 Å². The summed E-state index contributed by atoms with van der Waals surface area (Å²) in [5, 5.41) is 9.60. The summed E-state index contributed by atoms with van der Waals surface area (Å²) in [5.74, 6) is 0.775. The molecule has 1 saturated heterocycles. The quantitative estimate of drug-likeness (QED) is 0.792. The lowest BCUT2D eigenvalue weighted by Crippen LogP contribution is -2.47. The first-order chi connectivity index (χ1) is 13.6. The second-order valence-corrected chi connectivity index (χ2v) is 8.43. The number of nitriles is 1. The molecule has 2 aromatic rings. The Hall–Kier alpha value is -2.87. The first-order valence-corrected chi connectivity index (χ1v) is 10.2. The summed E-state index contributed by atoms with van der Waals surface area (Å²) in [6, 6.07) is 8.38. The van der Waals surface area contributed by atoms with Crippen LogP contribution < -0.4 is 0 Å². The van der Waals surface area contributed by atoms with E-state index in [9.17, 15) is 10.1 Å². The molecule has 3 atom stereocenters. The Morgan fingerprint density at radius 3 is 3.07 bits per heavy atom. The summed E-state index contributed by atoms with van der Waals surface area (Å²) in [4.78, 5) is 22.8. The number of hydrogen-bond donors (Lipinski definition) is 1. The van der Waals surface area contributed by atoms with Crippen LogP contribution in [0.25, 0.3) is 11.0 Å². The van der Waals surface area contributed by atoms with E-state index in [-0.39, 0.29) is 19.3 Å². The van der Waals surface area contributed by atoms with Crippen LogP contribution in [-0.4, -0.2) is 33.4 Å². The lowest BCUT2D eigenvalue weighted by molar-refractivity contribution is 0.0563. The van der Waals surface area contributed by atoms with E-state index in [4.69, 9.17) is 0 Å². The number of likely N-dealkylation sites (tertiary alicyclic amines) is 1. The first kappa shape index (κ1) is 17.2. The van der Waals surface area contributed by atoms with E-state index < -0.39 is 0 Å². The van der Waals surface area contributed by atoms with E-state index in [1.807, 2.05) is 18.2 Å². The minimum atomic E-state index is 0. The largest absolute Gasteiger partial charge is 0.345 e. The zero-order valence-electron chi connectivity index (χ0n) is 16.3. The number of piperidine rings is 1. The number of fused-ring (bicyclic) bond motifs is 3. The second-order valence-electron chi connectivity index (χ2n) is 8.43. The molecule has 0 spiro atoms. The van der Waals surface area contributed by atoms with Gasteiger partial charge in [-0.2, -0.15) is 5.26 Å². The molecular weight excluding hydrogens is 348 g/mol. The number of H-pyrrole nitrogens is 1. The number of hydrogen-bond acceptors (Lipinski definition) is 3. The number of aromatic nitrogens is 2. The van der Waals surface area contributed by atoms with Crippen LogP contribution in [0.15, 0.2) is 46.8 Å². The van der Waals surface area contributed by atoms with Crippen LogP contribution in [0, 0.1) is 23.2 Å². The van der Waals surface area contributed by atoms with Crippen molar-refractivity contribution in [2.45, 2.75) is 45.6 Å². The first-order valence-electron chi connectivity index (χ1n) is 10.2. The van der Waals surface area contributed by atoms with Crippen molar-refractivity contribution < 1.29 is 6.22 Å². The van der Waals surface area contributed by atoms with E-state index in [0.717, 1.165) is 54.4 Å². The third kappa shape index (κ3) is 2.44. The van der Waals surface area contributed by atoms with Crippen molar-refractivity contribution in [2.24, 2.45) is 11.8 Å². The van der Waals surface area contributed by atoms with Crippen molar-refractivity contribution >= 4 is 16.9 Å². The highest BCUT2D eigenvalue weighted by molar-refractivity contribution is 5.97. The van der Waals surface area contributed by atoms with Crippen LogP contribution in [0.2, 0.25) is 0 Å². The number of aromatic amines is 1. The van der Waals surface area contributed by atoms with E-state index in [1.165, 1.54) is 16.7 Å². The summed E-state index contributed by atoms with van der Waals surface area (Å²) in [6.45, 7) is 5.07. The molecule has 5 heteroatoms. The zero-order valence-corrected chi connectivity index (χ0v) is 16.3. The number of nitrogens with one attached hydrogen (secondary N) is 1. The van der Waals surface area contributed by atoms with Gasteiger partial charge in [-0.25, -0.2) is 4.98 Å². The Bertz CT molecular complexity index is 1090. The van der Waals surface area contributed by atoms with Gasteiger partial charge in [0.25, 0.3) is 5.91 Å². The van der Waals surface area contributed by atoms with Crippen LogP contribution in [0.1, 0.15) is 51.3 Å². The van der Waals surface area contributed by atoms with Crippen LogP contribution in [-0.2, 0) is 0 Å². The molecule has 28 heavy (non-hydrogen) atoms. The fourth-order valence-electron chi connectivity index (χ4n) is 5.67. The lowest BCUT2D eigenvalue weighted by atomic mass is 9.77. The van der Waals surface area contributed by atoms with Crippen molar-refractivity contribution in [1.29, 1.82) is 5.26 Å². The minimum Gasteiger partial charge on any atom is -0.345 e. The number of carbonyl (C=O) groups is 1. The van der Waals surface area contributed by atoms with Crippen molar-refractivity contribution in [1.82, 2.24) is 14.9 Å². The summed E-state index contributed by atoms with van der Waals surface area (Å²) < 4.78 is 0. The standard InChI is InChI=1S/C23H24N4O.H2/c1-13-8-16-10-21-17(22(16)14(2)18(13)11-24)4-3-7-27(21)23(28)15-5-6-19-20(9-15)26-12-25-19;/h5-6,9,12-13,17,21H,3-4,7-8,10H2,1-2H3,(H,25,26);1H/t13?,17-,21-;/m0./s1. The average molecular weight is 374 g/mol. The number of rotatable bonds is 1. The Balaban J connectivity index is 0.00000205. The number of carbonyl (C=O) groups excluding carboxylic acids is 1. The summed E-state index contributed by atoms with van der Waals surface area (Å²) in [5.41, 5.74) is 7.48. The monoisotopic (exact) mass is 374 g/mol. The van der Waals surface area contributed by atoms with Crippen molar-refractivity contribution in [3.8, 4) is 6.07 Å². The molecule has 0 bridgehead atoms. The molecule has 1 aromatic carbocycles.